The molecule has 0 saturated carbocycles. The second-order valence-electron chi connectivity index (χ2n) is 14.7. The van der Waals surface area contributed by atoms with Crippen LogP contribution in [0.2, 0.25) is 0 Å². The van der Waals surface area contributed by atoms with E-state index in [1.165, 1.54) is 12.1 Å². The summed E-state index contributed by atoms with van der Waals surface area (Å²) in [5, 5.41) is 15.8. The molecule has 1 aliphatic carbocycles. The number of aromatic hydroxyl groups is 1. The number of fused-ring (bicyclic) bond motifs is 6. The summed E-state index contributed by atoms with van der Waals surface area (Å²) >= 11 is 0. The van der Waals surface area contributed by atoms with E-state index in [1.807, 2.05) is 33.8 Å². The Labute approximate surface area is 287 Å². The summed E-state index contributed by atoms with van der Waals surface area (Å²) in [5.74, 6) is -0.305. The smallest absolute Gasteiger partial charge is 0.319 e. The molecule has 2 N–H and O–H groups in total. The van der Waals surface area contributed by atoms with E-state index in [1.54, 1.807) is 12.1 Å². The Hall–Kier alpha value is -3.89. The Balaban J connectivity index is 1.38. The highest BCUT2D eigenvalue weighted by Gasteiger charge is 2.46. The molecule has 1 aromatic heterocycles. The lowest BCUT2D eigenvalue weighted by Gasteiger charge is -2.47. The number of piperidine rings is 2. The molecule has 5 saturated heterocycles. The predicted molar refractivity (Wildman–Crippen MR) is 192 cm³/mol. The number of benzene rings is 2. The Bertz CT molecular complexity index is 1900. The topological polar surface area (TPSA) is 86.1 Å². The van der Waals surface area contributed by atoms with Crippen molar-refractivity contribution < 1.29 is 18.6 Å². The van der Waals surface area contributed by atoms with E-state index >= 15 is 8.78 Å². The predicted octanol–water partition coefficient (Wildman–Crippen LogP) is 7.09. The summed E-state index contributed by atoms with van der Waals surface area (Å²) in [5.41, 5.74) is 2.96. The van der Waals surface area contributed by atoms with E-state index in [2.05, 4.69) is 15.1 Å². The van der Waals surface area contributed by atoms with Gasteiger partial charge in [0.1, 0.15) is 29.7 Å². The normalized spacial score (nSPS) is 24.9. The van der Waals surface area contributed by atoms with Gasteiger partial charge >= 0.3 is 6.01 Å². The van der Waals surface area contributed by atoms with Crippen molar-refractivity contribution in [1.29, 1.82) is 0 Å². The molecule has 6 aliphatic rings. The SMILES string of the molecule is C/C=C1\C(=NC(C)C)C(c2cc(O)cc3ccc(F)c(CC)c23)=C(F)c2nc(OCC34CCCN3CCC4)nc(N3CC4CCC3CN4)c21. The number of allylic oxidation sites excluding steroid dienone is 3. The number of nitrogens with one attached hydrogen (secondary N) is 1. The molecule has 8 nitrogen and oxygen atoms in total. The number of aromatic nitrogens is 2. The molecule has 10 heteroatoms. The van der Waals surface area contributed by atoms with Crippen molar-refractivity contribution in [2.24, 2.45) is 4.99 Å². The van der Waals surface area contributed by atoms with Crippen molar-refractivity contribution in [3.05, 3.63) is 58.5 Å². The van der Waals surface area contributed by atoms with Crippen LogP contribution in [0.15, 0.2) is 35.3 Å². The number of phenols is 1. The minimum absolute atomic E-state index is 0.0280. The number of rotatable bonds is 7. The lowest BCUT2D eigenvalue weighted by molar-refractivity contribution is 0.107. The van der Waals surface area contributed by atoms with E-state index in [9.17, 15) is 5.11 Å². The van der Waals surface area contributed by atoms with Gasteiger partial charge in [-0.1, -0.05) is 19.1 Å². The number of aliphatic imine (C=N–C) groups is 1. The van der Waals surface area contributed by atoms with Crippen molar-refractivity contribution in [1.82, 2.24) is 20.2 Å². The quantitative estimate of drug-likeness (QED) is 0.278. The van der Waals surface area contributed by atoms with Gasteiger partial charge in [0.15, 0.2) is 5.83 Å². The average Bonchev–Trinajstić information content (AvgIpc) is 3.68. The van der Waals surface area contributed by atoms with Crippen LogP contribution in [0.3, 0.4) is 0 Å². The first-order chi connectivity index (χ1) is 23.7. The Morgan fingerprint density at radius 1 is 1.14 bits per heavy atom. The van der Waals surface area contributed by atoms with E-state index in [0.29, 0.717) is 58.1 Å². The Kier molecular flexibility index (Phi) is 8.22. The first-order valence-electron chi connectivity index (χ1n) is 18.1. The van der Waals surface area contributed by atoms with Crippen molar-refractivity contribution >= 4 is 39.3 Å². The zero-order chi connectivity index (χ0) is 34.0. The minimum Gasteiger partial charge on any atom is -0.508 e. The zero-order valence-electron chi connectivity index (χ0n) is 29.0. The summed E-state index contributed by atoms with van der Waals surface area (Å²) in [6, 6.07) is 6.70. The van der Waals surface area contributed by atoms with Gasteiger partial charge in [0.05, 0.1) is 16.8 Å². The molecule has 0 radical (unpaired) electrons. The van der Waals surface area contributed by atoms with Gasteiger partial charge in [-0.15, -0.1) is 0 Å². The summed E-state index contributed by atoms with van der Waals surface area (Å²) in [7, 11) is 0. The average molecular weight is 669 g/mol. The van der Waals surface area contributed by atoms with Crippen LogP contribution < -0.4 is 15.0 Å². The summed E-state index contributed by atoms with van der Waals surface area (Å²) in [6.07, 6.45) is 8.90. The highest BCUT2D eigenvalue weighted by atomic mass is 19.1. The molecule has 2 aromatic carbocycles. The number of nitrogens with zero attached hydrogens (tertiary/aromatic N) is 5. The van der Waals surface area contributed by atoms with Gasteiger partial charge in [0, 0.05) is 42.4 Å². The molecule has 0 amide bonds. The van der Waals surface area contributed by atoms with E-state index < -0.39 is 5.83 Å². The second kappa shape index (κ2) is 12.5. The fraction of sp³-hybridized carbons (Fsp3) is 0.513. The molecule has 2 bridgehead atoms. The molecule has 2 unspecified atom stereocenters. The molecule has 0 spiro atoms. The van der Waals surface area contributed by atoms with Gasteiger partial charge < -0.3 is 20.1 Å². The van der Waals surface area contributed by atoms with Gasteiger partial charge in [0.25, 0.3) is 0 Å². The maximum Gasteiger partial charge on any atom is 0.319 e. The van der Waals surface area contributed by atoms with Crippen LogP contribution in [0.4, 0.5) is 14.6 Å². The van der Waals surface area contributed by atoms with Gasteiger partial charge in [-0.05, 0) is 119 Å². The highest BCUT2D eigenvalue weighted by molar-refractivity contribution is 6.51. The largest absolute Gasteiger partial charge is 0.508 e. The molecular weight excluding hydrogens is 622 g/mol. The third kappa shape index (κ3) is 5.33. The fourth-order valence-electron chi connectivity index (χ4n) is 9.17. The summed E-state index contributed by atoms with van der Waals surface area (Å²) in [4.78, 5) is 19.9. The van der Waals surface area contributed by atoms with Crippen LogP contribution in [0.5, 0.6) is 11.8 Å². The van der Waals surface area contributed by atoms with Crippen LogP contribution in [-0.2, 0) is 6.42 Å². The lowest BCUT2D eigenvalue weighted by atomic mass is 9.81. The number of piperazine rings is 1. The van der Waals surface area contributed by atoms with Gasteiger partial charge in [-0.2, -0.15) is 9.97 Å². The summed E-state index contributed by atoms with van der Waals surface area (Å²) in [6.45, 7) is 11.9. The standard InChI is InChI=1S/C39H46F2N6O2/c1-5-27-30(40)12-9-23-17-26(48)18-29(31(23)27)32-34(41)36-33(28(6-2)35(32)43-22(3)4)37(47-20-24-10-11-25(47)19-42-24)45-38(44-36)49-21-39-13-7-15-46(39)16-8-14-39/h6,9,12,17-18,22,24-25,42,48H,5,7-8,10-11,13-16,19-21H2,1-4H3/b28-6-,43-35?. The van der Waals surface area contributed by atoms with Crippen LogP contribution in [0.1, 0.15) is 88.6 Å². The third-order valence-electron chi connectivity index (χ3n) is 11.4. The number of phenolic OH excluding ortho intramolecular Hbond substituents is 1. The molecule has 258 valence electrons. The molecule has 6 heterocycles. The number of anilines is 1. The molecular formula is C39H46F2N6O2. The Morgan fingerprint density at radius 3 is 2.59 bits per heavy atom. The third-order valence-corrected chi connectivity index (χ3v) is 11.4. The van der Waals surface area contributed by atoms with Crippen LogP contribution in [-0.4, -0.2) is 82.1 Å². The van der Waals surface area contributed by atoms with Crippen molar-refractivity contribution in [2.45, 2.75) is 96.3 Å². The minimum atomic E-state index is -0.575. The molecule has 49 heavy (non-hydrogen) atoms. The van der Waals surface area contributed by atoms with E-state index in [0.717, 1.165) is 70.3 Å². The summed E-state index contributed by atoms with van der Waals surface area (Å²) < 4.78 is 39.7. The van der Waals surface area contributed by atoms with Crippen molar-refractivity contribution in [3.8, 4) is 11.8 Å². The fourth-order valence-corrected chi connectivity index (χ4v) is 9.17. The van der Waals surface area contributed by atoms with E-state index in [-0.39, 0.29) is 46.5 Å². The van der Waals surface area contributed by atoms with Crippen LogP contribution in [0, 0.1) is 5.82 Å². The van der Waals surface area contributed by atoms with Gasteiger partial charge in [0.2, 0.25) is 0 Å². The molecule has 2 atom stereocenters. The van der Waals surface area contributed by atoms with Gasteiger partial charge in [-0.3, -0.25) is 9.89 Å². The highest BCUT2D eigenvalue weighted by Crippen LogP contribution is 2.49. The molecule has 5 aliphatic heterocycles. The second-order valence-corrected chi connectivity index (χ2v) is 14.7. The Morgan fingerprint density at radius 2 is 1.94 bits per heavy atom. The molecule has 5 fully saturated rings. The number of hydrogen-bond acceptors (Lipinski definition) is 8. The number of hydrogen-bond donors (Lipinski definition) is 2. The number of aryl methyl sites for hydroxylation is 1. The molecule has 3 aromatic rings. The maximum atomic E-state index is 17.8. The van der Waals surface area contributed by atoms with Gasteiger partial charge in [-0.25, -0.2) is 8.78 Å². The lowest BCUT2D eigenvalue weighted by Crippen LogP contribution is -2.61. The van der Waals surface area contributed by atoms with E-state index in [4.69, 9.17) is 19.7 Å². The molecule has 9 rings (SSSR count). The monoisotopic (exact) mass is 668 g/mol. The number of halogens is 2. The maximum absolute atomic E-state index is 17.8. The number of ether oxygens (including phenoxy) is 1. The first kappa shape index (κ1) is 32.3. The van der Waals surface area contributed by atoms with Crippen molar-refractivity contribution in [3.63, 3.8) is 0 Å². The van der Waals surface area contributed by atoms with Crippen molar-refractivity contribution in [2.75, 3.05) is 37.7 Å². The zero-order valence-corrected chi connectivity index (χ0v) is 29.0. The first-order valence-corrected chi connectivity index (χ1v) is 18.1. The van der Waals surface area contributed by atoms with Crippen LogP contribution in [0.25, 0.3) is 27.7 Å². The van der Waals surface area contributed by atoms with Crippen LogP contribution >= 0.6 is 0 Å².